The van der Waals surface area contributed by atoms with Crippen molar-refractivity contribution in [2.24, 2.45) is 0 Å². The molecule has 0 bridgehead atoms. The van der Waals surface area contributed by atoms with Crippen LogP contribution in [0.5, 0.6) is 0 Å². The molecule has 3 heterocycles. The topological polar surface area (TPSA) is 99.8 Å². The Bertz CT molecular complexity index is 651. The van der Waals surface area contributed by atoms with E-state index in [1.165, 1.54) is 11.0 Å². The molecule has 80 valence electrons. The highest BCUT2D eigenvalue weighted by Crippen LogP contribution is 2.10. The molecule has 0 fully saturated rings. The summed E-state index contributed by atoms with van der Waals surface area (Å²) in [6, 6.07) is 0. The summed E-state index contributed by atoms with van der Waals surface area (Å²) in [5.41, 5.74) is 6.07. The Hall–Kier alpha value is -2.51. The molecule has 0 spiro atoms. The molecule has 0 aliphatic rings. The maximum absolute atomic E-state index is 5.45. The van der Waals surface area contributed by atoms with E-state index < -0.39 is 0 Å². The summed E-state index contributed by atoms with van der Waals surface area (Å²) in [4.78, 5) is 8.02. The molecular formula is C8H8N8. The van der Waals surface area contributed by atoms with Crippen molar-refractivity contribution in [2.45, 2.75) is 6.92 Å². The monoisotopic (exact) mass is 216 g/mol. The van der Waals surface area contributed by atoms with Gasteiger partial charge in [-0.1, -0.05) is 0 Å². The summed E-state index contributed by atoms with van der Waals surface area (Å²) in [5.74, 6) is 1.53. The lowest BCUT2D eigenvalue weighted by Gasteiger charge is -2.00. The second-order valence-electron chi connectivity index (χ2n) is 3.24. The molecule has 0 saturated carbocycles. The lowest BCUT2D eigenvalue weighted by atomic mass is 10.6. The van der Waals surface area contributed by atoms with E-state index in [9.17, 15) is 0 Å². The summed E-state index contributed by atoms with van der Waals surface area (Å²) < 4.78 is 3.29. The first kappa shape index (κ1) is 8.77. The van der Waals surface area contributed by atoms with Crippen LogP contribution in [0.4, 0.5) is 5.95 Å². The lowest BCUT2D eigenvalue weighted by Crippen LogP contribution is -2.03. The highest BCUT2D eigenvalue weighted by molar-refractivity contribution is 5.53. The van der Waals surface area contributed by atoms with Gasteiger partial charge in [0.25, 0.3) is 0 Å². The van der Waals surface area contributed by atoms with Crippen molar-refractivity contribution in [1.29, 1.82) is 0 Å². The predicted molar refractivity (Wildman–Crippen MR) is 54.8 cm³/mol. The normalized spacial score (nSPS) is 11.1. The highest BCUT2D eigenvalue weighted by Gasteiger charge is 2.10. The lowest BCUT2D eigenvalue weighted by molar-refractivity contribution is 0.842. The first-order chi connectivity index (χ1) is 7.75. The number of hydrogen-bond donors (Lipinski definition) is 1. The number of rotatable bonds is 1. The van der Waals surface area contributed by atoms with Crippen LogP contribution in [0.15, 0.2) is 18.7 Å². The van der Waals surface area contributed by atoms with Gasteiger partial charge in [0.2, 0.25) is 17.4 Å². The summed E-state index contributed by atoms with van der Waals surface area (Å²) in [5, 5.41) is 12.0. The number of nitrogen functional groups attached to an aromatic ring is 1. The molecule has 0 aromatic carbocycles. The van der Waals surface area contributed by atoms with Gasteiger partial charge < -0.3 is 5.73 Å². The minimum absolute atomic E-state index is 0.194. The molecule has 16 heavy (non-hydrogen) atoms. The zero-order valence-electron chi connectivity index (χ0n) is 8.44. The van der Waals surface area contributed by atoms with Crippen molar-refractivity contribution in [3.63, 3.8) is 0 Å². The van der Waals surface area contributed by atoms with Gasteiger partial charge in [0.15, 0.2) is 0 Å². The number of hydrogen-bond acceptors (Lipinski definition) is 6. The van der Waals surface area contributed by atoms with Crippen molar-refractivity contribution in [3.8, 4) is 5.82 Å². The number of anilines is 1. The fourth-order valence-corrected chi connectivity index (χ4v) is 1.47. The van der Waals surface area contributed by atoms with Gasteiger partial charge in [-0.3, -0.25) is 4.40 Å². The van der Waals surface area contributed by atoms with Crippen LogP contribution in [-0.4, -0.2) is 34.3 Å². The van der Waals surface area contributed by atoms with Crippen LogP contribution < -0.4 is 5.73 Å². The summed E-state index contributed by atoms with van der Waals surface area (Å²) in [6.07, 6.45) is 4.92. The number of nitrogens with two attached hydrogens (primary N) is 1. The van der Waals surface area contributed by atoms with Crippen LogP contribution in [0, 0.1) is 6.92 Å². The zero-order chi connectivity index (χ0) is 11.1. The van der Waals surface area contributed by atoms with Gasteiger partial charge in [-0.2, -0.15) is 4.68 Å². The average Bonchev–Trinajstić information content (AvgIpc) is 2.86. The second-order valence-corrected chi connectivity index (χ2v) is 3.24. The Labute approximate surface area is 89.8 Å². The predicted octanol–water partition coefficient (Wildman–Crippen LogP) is -0.404. The fraction of sp³-hybridized carbons (Fsp3) is 0.125. The van der Waals surface area contributed by atoms with Gasteiger partial charge in [-0.15, -0.1) is 15.3 Å². The van der Waals surface area contributed by atoms with E-state index in [-0.39, 0.29) is 5.95 Å². The average molecular weight is 216 g/mol. The van der Waals surface area contributed by atoms with Crippen LogP contribution >= 0.6 is 0 Å². The molecule has 0 saturated heterocycles. The SMILES string of the molecule is Cc1nnc2c(-n3cnc(N)n3)nccn12. The van der Waals surface area contributed by atoms with E-state index in [1.54, 1.807) is 12.4 Å². The number of nitrogens with zero attached hydrogens (tertiary/aromatic N) is 7. The minimum Gasteiger partial charge on any atom is -0.366 e. The zero-order valence-corrected chi connectivity index (χ0v) is 8.44. The van der Waals surface area contributed by atoms with Crippen LogP contribution in [0.3, 0.4) is 0 Å². The van der Waals surface area contributed by atoms with E-state index in [0.717, 1.165) is 5.82 Å². The molecule has 3 rings (SSSR count). The van der Waals surface area contributed by atoms with Gasteiger partial charge in [-0.05, 0) is 6.92 Å². The molecular weight excluding hydrogens is 208 g/mol. The maximum atomic E-state index is 5.45. The molecule has 0 aliphatic carbocycles. The van der Waals surface area contributed by atoms with Crippen molar-refractivity contribution < 1.29 is 0 Å². The third kappa shape index (κ3) is 1.13. The molecule has 0 aliphatic heterocycles. The Morgan fingerprint density at radius 1 is 1.25 bits per heavy atom. The van der Waals surface area contributed by atoms with Crippen molar-refractivity contribution in [1.82, 2.24) is 34.3 Å². The highest BCUT2D eigenvalue weighted by atomic mass is 15.4. The van der Waals surface area contributed by atoms with Gasteiger partial charge in [0.1, 0.15) is 12.2 Å². The molecule has 3 aromatic rings. The van der Waals surface area contributed by atoms with Crippen LogP contribution in [0.25, 0.3) is 11.5 Å². The van der Waals surface area contributed by atoms with Gasteiger partial charge in [0.05, 0.1) is 0 Å². The van der Waals surface area contributed by atoms with Gasteiger partial charge >= 0.3 is 0 Å². The Morgan fingerprint density at radius 3 is 2.88 bits per heavy atom. The van der Waals surface area contributed by atoms with Crippen LogP contribution in [0.2, 0.25) is 0 Å². The van der Waals surface area contributed by atoms with E-state index in [0.29, 0.717) is 11.5 Å². The van der Waals surface area contributed by atoms with Crippen molar-refractivity contribution >= 4 is 11.6 Å². The fourth-order valence-electron chi connectivity index (χ4n) is 1.47. The molecule has 0 radical (unpaired) electrons. The van der Waals surface area contributed by atoms with Crippen molar-refractivity contribution in [2.75, 3.05) is 5.73 Å². The summed E-state index contributed by atoms with van der Waals surface area (Å²) >= 11 is 0. The standard InChI is InChI=1S/C8H8N8/c1-5-12-13-7-6(10-2-3-15(5)7)16-4-11-8(9)14-16/h2-4H,1H3,(H2,9,14). The van der Waals surface area contributed by atoms with Gasteiger partial charge in [-0.25, -0.2) is 9.97 Å². The molecule has 0 unspecified atom stereocenters. The van der Waals surface area contributed by atoms with Crippen LogP contribution in [0.1, 0.15) is 5.82 Å². The minimum atomic E-state index is 0.194. The number of aryl methyl sites for hydroxylation is 1. The third-order valence-corrected chi connectivity index (χ3v) is 2.21. The van der Waals surface area contributed by atoms with E-state index in [4.69, 9.17) is 5.73 Å². The van der Waals surface area contributed by atoms with Crippen molar-refractivity contribution in [3.05, 3.63) is 24.5 Å². The van der Waals surface area contributed by atoms with Gasteiger partial charge in [0, 0.05) is 12.4 Å². The first-order valence-electron chi connectivity index (χ1n) is 4.59. The first-order valence-corrected chi connectivity index (χ1v) is 4.59. The Morgan fingerprint density at radius 2 is 2.12 bits per heavy atom. The summed E-state index contributed by atoms with van der Waals surface area (Å²) in [6.45, 7) is 1.86. The molecule has 3 aromatic heterocycles. The smallest absolute Gasteiger partial charge is 0.239 e. The number of aromatic nitrogens is 7. The van der Waals surface area contributed by atoms with Crippen LogP contribution in [-0.2, 0) is 0 Å². The molecule has 2 N–H and O–H groups in total. The van der Waals surface area contributed by atoms with E-state index >= 15 is 0 Å². The quantitative estimate of drug-likeness (QED) is 0.593. The maximum Gasteiger partial charge on any atom is 0.239 e. The second kappa shape index (κ2) is 2.99. The largest absolute Gasteiger partial charge is 0.366 e. The molecule has 8 nitrogen and oxygen atoms in total. The molecule has 0 atom stereocenters. The third-order valence-electron chi connectivity index (χ3n) is 2.21. The summed E-state index contributed by atoms with van der Waals surface area (Å²) in [7, 11) is 0. The van der Waals surface area contributed by atoms with E-state index in [2.05, 4.69) is 25.3 Å². The molecule has 0 amide bonds. The number of fused-ring (bicyclic) bond motifs is 1. The molecule has 8 heteroatoms. The van der Waals surface area contributed by atoms with E-state index in [1.807, 2.05) is 11.3 Å². The Balaban J connectivity index is 2.31. The Kier molecular flexibility index (Phi) is 1.64.